The predicted molar refractivity (Wildman–Crippen MR) is 76.5 cm³/mol. The van der Waals surface area contributed by atoms with Crippen LogP contribution < -0.4 is 10.1 Å². The summed E-state index contributed by atoms with van der Waals surface area (Å²) in [5, 5.41) is 2.84. The highest BCUT2D eigenvalue weighted by Gasteiger charge is 2.01. The highest BCUT2D eigenvalue weighted by Crippen LogP contribution is 2.12. The zero-order valence-electron chi connectivity index (χ0n) is 11.0. The fourth-order valence-corrected chi connectivity index (χ4v) is 1.64. The van der Waals surface area contributed by atoms with Crippen LogP contribution in [0.1, 0.15) is 10.4 Å². The van der Waals surface area contributed by atoms with Crippen molar-refractivity contribution < 1.29 is 13.9 Å². The first kappa shape index (κ1) is 13.8. The summed E-state index contributed by atoms with van der Waals surface area (Å²) in [6.07, 6.45) is 2.88. The molecule has 0 saturated carbocycles. The van der Waals surface area contributed by atoms with Gasteiger partial charge < -0.3 is 10.1 Å². The minimum absolute atomic E-state index is 0.142. The molecule has 0 aliphatic heterocycles. The number of carbonyl (C=O) groups excluding carboxylic acids is 1. The molecular formula is C16H14FNO2. The number of anilines is 1. The first-order valence-corrected chi connectivity index (χ1v) is 6.06. The molecular weight excluding hydrogens is 257 g/mol. The third-order valence-electron chi connectivity index (χ3n) is 2.68. The first-order valence-electron chi connectivity index (χ1n) is 6.06. The SMILES string of the molecule is COc1ccc(C(=O)/C=C\Nc2cccc(F)c2)cc1. The number of carbonyl (C=O) groups is 1. The zero-order chi connectivity index (χ0) is 14.4. The Morgan fingerprint density at radius 1 is 1.20 bits per heavy atom. The van der Waals surface area contributed by atoms with Crippen LogP contribution >= 0.6 is 0 Å². The van der Waals surface area contributed by atoms with Gasteiger partial charge in [-0.15, -0.1) is 0 Å². The van der Waals surface area contributed by atoms with Crippen molar-refractivity contribution in [3.8, 4) is 5.75 Å². The summed E-state index contributed by atoms with van der Waals surface area (Å²) in [5.74, 6) is 0.227. The molecule has 2 aromatic rings. The lowest BCUT2D eigenvalue weighted by atomic mass is 10.1. The molecule has 0 aromatic heterocycles. The lowest BCUT2D eigenvalue weighted by Gasteiger charge is -2.01. The molecule has 0 fully saturated rings. The maximum absolute atomic E-state index is 12.9. The molecule has 3 nitrogen and oxygen atoms in total. The van der Waals surface area contributed by atoms with Crippen LogP contribution in [0.25, 0.3) is 0 Å². The van der Waals surface area contributed by atoms with Crippen LogP contribution in [-0.4, -0.2) is 12.9 Å². The highest BCUT2D eigenvalue weighted by molar-refractivity contribution is 6.04. The molecule has 0 aliphatic carbocycles. The van der Waals surface area contributed by atoms with Crippen LogP contribution in [-0.2, 0) is 0 Å². The molecule has 1 N–H and O–H groups in total. The van der Waals surface area contributed by atoms with Crippen molar-refractivity contribution in [2.75, 3.05) is 12.4 Å². The van der Waals surface area contributed by atoms with E-state index in [4.69, 9.17) is 4.74 Å². The van der Waals surface area contributed by atoms with Crippen molar-refractivity contribution in [1.29, 1.82) is 0 Å². The van der Waals surface area contributed by atoms with E-state index >= 15 is 0 Å². The smallest absolute Gasteiger partial charge is 0.187 e. The van der Waals surface area contributed by atoms with Gasteiger partial charge in [0.2, 0.25) is 0 Å². The number of hydrogen-bond acceptors (Lipinski definition) is 3. The van der Waals surface area contributed by atoms with Gasteiger partial charge in [0.25, 0.3) is 0 Å². The number of halogens is 1. The molecule has 0 heterocycles. The van der Waals surface area contributed by atoms with Gasteiger partial charge in [-0.25, -0.2) is 4.39 Å². The highest BCUT2D eigenvalue weighted by atomic mass is 19.1. The van der Waals surface area contributed by atoms with E-state index in [2.05, 4.69) is 5.32 Å². The van der Waals surface area contributed by atoms with Crippen LogP contribution in [0.2, 0.25) is 0 Å². The van der Waals surface area contributed by atoms with Gasteiger partial charge in [-0.2, -0.15) is 0 Å². The normalized spacial score (nSPS) is 10.5. The summed E-state index contributed by atoms with van der Waals surface area (Å²) in [7, 11) is 1.57. The van der Waals surface area contributed by atoms with Crippen molar-refractivity contribution in [2.24, 2.45) is 0 Å². The van der Waals surface area contributed by atoms with Crippen molar-refractivity contribution in [2.45, 2.75) is 0 Å². The Bertz CT molecular complexity index is 621. The molecule has 2 aromatic carbocycles. The summed E-state index contributed by atoms with van der Waals surface area (Å²) >= 11 is 0. The topological polar surface area (TPSA) is 38.3 Å². The van der Waals surface area contributed by atoms with E-state index < -0.39 is 0 Å². The molecule has 0 spiro atoms. The van der Waals surface area contributed by atoms with E-state index in [-0.39, 0.29) is 11.6 Å². The van der Waals surface area contributed by atoms with Gasteiger partial charge in [0.05, 0.1) is 7.11 Å². The van der Waals surface area contributed by atoms with Gasteiger partial charge in [0, 0.05) is 23.5 Å². The molecule has 4 heteroatoms. The fraction of sp³-hybridized carbons (Fsp3) is 0.0625. The number of rotatable bonds is 5. The summed E-state index contributed by atoms with van der Waals surface area (Å²) in [6, 6.07) is 12.8. The van der Waals surface area contributed by atoms with E-state index in [9.17, 15) is 9.18 Å². The van der Waals surface area contributed by atoms with Gasteiger partial charge in [0.15, 0.2) is 5.78 Å². The number of benzene rings is 2. The summed E-state index contributed by atoms with van der Waals surface area (Å²) < 4.78 is 18.0. The van der Waals surface area contributed by atoms with Crippen molar-refractivity contribution in [3.63, 3.8) is 0 Å². The average molecular weight is 271 g/mol. The van der Waals surface area contributed by atoms with Crippen molar-refractivity contribution >= 4 is 11.5 Å². The van der Waals surface area contributed by atoms with Crippen LogP contribution in [0.5, 0.6) is 5.75 Å². The maximum Gasteiger partial charge on any atom is 0.187 e. The van der Waals surface area contributed by atoms with E-state index in [0.717, 1.165) is 0 Å². The lowest BCUT2D eigenvalue weighted by molar-refractivity contribution is 0.104. The monoisotopic (exact) mass is 271 g/mol. The fourth-order valence-electron chi connectivity index (χ4n) is 1.64. The van der Waals surface area contributed by atoms with Crippen molar-refractivity contribution in [1.82, 2.24) is 0 Å². The molecule has 20 heavy (non-hydrogen) atoms. The lowest BCUT2D eigenvalue weighted by Crippen LogP contribution is -1.96. The van der Waals surface area contributed by atoms with E-state index in [1.165, 1.54) is 24.4 Å². The predicted octanol–water partition coefficient (Wildman–Crippen LogP) is 3.64. The molecule has 102 valence electrons. The van der Waals surface area contributed by atoms with Crippen molar-refractivity contribution in [3.05, 3.63) is 72.2 Å². The van der Waals surface area contributed by atoms with Crippen LogP contribution in [0.3, 0.4) is 0 Å². The van der Waals surface area contributed by atoms with Gasteiger partial charge in [-0.3, -0.25) is 4.79 Å². The largest absolute Gasteiger partial charge is 0.497 e. The van der Waals surface area contributed by atoms with E-state index in [1.54, 1.807) is 43.5 Å². The Hall–Kier alpha value is -2.62. The molecule has 0 unspecified atom stereocenters. The van der Waals surface area contributed by atoms with Gasteiger partial charge in [0.1, 0.15) is 11.6 Å². The van der Waals surface area contributed by atoms with Crippen LogP contribution in [0.4, 0.5) is 10.1 Å². The summed E-state index contributed by atoms with van der Waals surface area (Å²) in [5.41, 5.74) is 1.15. The Morgan fingerprint density at radius 3 is 2.60 bits per heavy atom. The molecule has 2 rings (SSSR count). The third kappa shape index (κ3) is 3.68. The summed E-state index contributed by atoms with van der Waals surface area (Å²) in [4.78, 5) is 11.9. The minimum atomic E-state index is -0.329. The Morgan fingerprint density at radius 2 is 1.95 bits per heavy atom. The van der Waals surface area contributed by atoms with Gasteiger partial charge >= 0.3 is 0 Å². The second-order valence-corrected chi connectivity index (χ2v) is 4.08. The molecule has 0 bridgehead atoms. The number of allylic oxidation sites excluding steroid dienone is 1. The number of methoxy groups -OCH3 is 1. The molecule has 0 aliphatic rings. The second-order valence-electron chi connectivity index (χ2n) is 4.08. The Kier molecular flexibility index (Phi) is 4.50. The molecule has 0 radical (unpaired) electrons. The van der Waals surface area contributed by atoms with E-state index in [0.29, 0.717) is 17.0 Å². The second kappa shape index (κ2) is 6.52. The van der Waals surface area contributed by atoms with Gasteiger partial charge in [-0.1, -0.05) is 6.07 Å². The first-order chi connectivity index (χ1) is 9.69. The Labute approximate surface area is 116 Å². The number of ether oxygens (including phenoxy) is 1. The third-order valence-corrected chi connectivity index (χ3v) is 2.68. The van der Waals surface area contributed by atoms with E-state index in [1.807, 2.05) is 0 Å². The maximum atomic E-state index is 12.9. The quantitative estimate of drug-likeness (QED) is 0.666. The molecule has 0 amide bonds. The zero-order valence-corrected chi connectivity index (χ0v) is 11.0. The van der Waals surface area contributed by atoms with Crippen LogP contribution in [0, 0.1) is 5.82 Å². The standard InChI is InChI=1S/C16H14FNO2/c1-20-15-7-5-12(6-8-15)16(19)9-10-18-14-4-2-3-13(17)11-14/h2-11,18H,1H3/b10-9-. The number of nitrogens with one attached hydrogen (secondary N) is 1. The minimum Gasteiger partial charge on any atom is -0.497 e. The summed E-state index contributed by atoms with van der Waals surface area (Å²) in [6.45, 7) is 0. The molecule has 0 saturated heterocycles. The number of hydrogen-bond donors (Lipinski definition) is 1. The number of ketones is 1. The van der Waals surface area contributed by atoms with Gasteiger partial charge in [-0.05, 0) is 42.5 Å². The average Bonchev–Trinajstić information content (AvgIpc) is 2.47. The van der Waals surface area contributed by atoms with Crippen LogP contribution in [0.15, 0.2) is 60.8 Å². The Balaban J connectivity index is 1.98. The molecule has 0 atom stereocenters.